The fourth-order valence-corrected chi connectivity index (χ4v) is 2.43. The summed E-state index contributed by atoms with van der Waals surface area (Å²) in [4.78, 5) is 12.0. The average Bonchev–Trinajstić information content (AvgIpc) is 2.56. The van der Waals surface area contributed by atoms with Gasteiger partial charge in [-0.3, -0.25) is 4.79 Å². The molecule has 0 heterocycles. The fourth-order valence-electron chi connectivity index (χ4n) is 2.43. The lowest BCUT2D eigenvalue weighted by Crippen LogP contribution is -2.13. The van der Waals surface area contributed by atoms with E-state index in [1.54, 1.807) is 13.2 Å². The summed E-state index contributed by atoms with van der Waals surface area (Å²) in [5.74, 6) is 0.402. The molecule has 4 heteroatoms. The van der Waals surface area contributed by atoms with E-state index in [1.165, 1.54) is 17.7 Å². The van der Waals surface area contributed by atoms with Gasteiger partial charge in [-0.2, -0.15) is 0 Å². The fraction of sp³-hybridized carbons (Fsp3) is 0.316. The summed E-state index contributed by atoms with van der Waals surface area (Å²) in [6.45, 7) is 1.98. The van der Waals surface area contributed by atoms with Crippen LogP contribution in [-0.2, 0) is 17.6 Å². The molecule has 0 atom stereocenters. The van der Waals surface area contributed by atoms with E-state index in [4.69, 9.17) is 4.74 Å². The maximum Gasteiger partial charge on any atom is 0.224 e. The van der Waals surface area contributed by atoms with Gasteiger partial charge in [0.1, 0.15) is 11.6 Å². The SMILES string of the molecule is CCc1ccc(F)cc1NC(=O)CCCc1ccc(OC)cc1. The van der Waals surface area contributed by atoms with Gasteiger partial charge in [0.25, 0.3) is 0 Å². The van der Waals surface area contributed by atoms with E-state index < -0.39 is 0 Å². The molecule has 122 valence electrons. The van der Waals surface area contributed by atoms with Crippen LogP contribution in [0.5, 0.6) is 5.75 Å². The summed E-state index contributed by atoms with van der Waals surface area (Å²) >= 11 is 0. The molecule has 0 fully saturated rings. The summed E-state index contributed by atoms with van der Waals surface area (Å²) in [7, 11) is 1.64. The van der Waals surface area contributed by atoms with Crippen molar-refractivity contribution < 1.29 is 13.9 Å². The van der Waals surface area contributed by atoms with Crippen molar-refractivity contribution in [1.82, 2.24) is 0 Å². The van der Waals surface area contributed by atoms with Gasteiger partial charge in [0, 0.05) is 12.1 Å². The van der Waals surface area contributed by atoms with E-state index in [-0.39, 0.29) is 11.7 Å². The Hall–Kier alpha value is -2.36. The van der Waals surface area contributed by atoms with Crippen LogP contribution in [0.3, 0.4) is 0 Å². The zero-order chi connectivity index (χ0) is 16.7. The van der Waals surface area contributed by atoms with Gasteiger partial charge in [-0.05, 0) is 54.7 Å². The molecule has 0 aliphatic rings. The number of nitrogens with one attached hydrogen (secondary N) is 1. The molecule has 0 spiro atoms. The molecule has 2 aromatic rings. The van der Waals surface area contributed by atoms with E-state index in [0.717, 1.165) is 30.6 Å². The second-order valence-corrected chi connectivity index (χ2v) is 5.40. The van der Waals surface area contributed by atoms with Gasteiger partial charge in [-0.15, -0.1) is 0 Å². The second-order valence-electron chi connectivity index (χ2n) is 5.40. The largest absolute Gasteiger partial charge is 0.497 e. The maximum atomic E-state index is 13.3. The minimum Gasteiger partial charge on any atom is -0.497 e. The number of aryl methyl sites for hydroxylation is 2. The molecule has 0 aromatic heterocycles. The van der Waals surface area contributed by atoms with Crippen LogP contribution in [0.4, 0.5) is 10.1 Å². The van der Waals surface area contributed by atoms with E-state index in [2.05, 4.69) is 5.32 Å². The molecule has 1 amide bonds. The molecule has 0 radical (unpaired) electrons. The van der Waals surface area contributed by atoms with Gasteiger partial charge >= 0.3 is 0 Å². The first-order chi connectivity index (χ1) is 11.1. The molecule has 0 saturated carbocycles. The highest BCUT2D eigenvalue weighted by molar-refractivity contribution is 5.91. The maximum absolute atomic E-state index is 13.3. The number of hydrogen-bond acceptors (Lipinski definition) is 2. The monoisotopic (exact) mass is 315 g/mol. The molecule has 0 bridgehead atoms. The number of benzene rings is 2. The zero-order valence-corrected chi connectivity index (χ0v) is 13.6. The Morgan fingerprint density at radius 2 is 1.91 bits per heavy atom. The summed E-state index contributed by atoms with van der Waals surface area (Å²) < 4.78 is 18.4. The second kappa shape index (κ2) is 8.32. The van der Waals surface area contributed by atoms with Crippen molar-refractivity contribution in [2.45, 2.75) is 32.6 Å². The molecule has 0 saturated heterocycles. The highest BCUT2D eigenvalue weighted by atomic mass is 19.1. The zero-order valence-electron chi connectivity index (χ0n) is 13.6. The quantitative estimate of drug-likeness (QED) is 0.824. The Morgan fingerprint density at radius 1 is 1.17 bits per heavy atom. The van der Waals surface area contributed by atoms with Gasteiger partial charge in [-0.25, -0.2) is 4.39 Å². The van der Waals surface area contributed by atoms with Crippen LogP contribution in [0.1, 0.15) is 30.9 Å². The number of halogens is 1. The third-order valence-electron chi connectivity index (χ3n) is 3.76. The van der Waals surface area contributed by atoms with Crippen LogP contribution in [0.25, 0.3) is 0 Å². The van der Waals surface area contributed by atoms with Gasteiger partial charge in [0.05, 0.1) is 7.11 Å². The lowest BCUT2D eigenvalue weighted by Gasteiger charge is -2.10. The summed E-state index contributed by atoms with van der Waals surface area (Å²) in [5, 5.41) is 2.81. The van der Waals surface area contributed by atoms with Crippen molar-refractivity contribution >= 4 is 11.6 Å². The summed E-state index contributed by atoms with van der Waals surface area (Å²) in [5.41, 5.74) is 2.68. The standard InChI is InChI=1S/C19H22FNO2/c1-3-15-9-10-16(20)13-18(15)21-19(22)6-4-5-14-7-11-17(23-2)12-8-14/h7-13H,3-6H2,1-2H3,(H,21,22). The lowest BCUT2D eigenvalue weighted by molar-refractivity contribution is -0.116. The first kappa shape index (κ1) is 17.0. The van der Waals surface area contributed by atoms with Crippen molar-refractivity contribution in [3.63, 3.8) is 0 Å². The van der Waals surface area contributed by atoms with Crippen LogP contribution < -0.4 is 10.1 Å². The van der Waals surface area contributed by atoms with Gasteiger partial charge in [0.15, 0.2) is 0 Å². The predicted octanol–water partition coefficient (Wildman–Crippen LogP) is 4.36. The first-order valence-corrected chi connectivity index (χ1v) is 7.83. The van der Waals surface area contributed by atoms with Gasteiger partial charge in [-0.1, -0.05) is 25.1 Å². The molecule has 2 rings (SSSR count). The van der Waals surface area contributed by atoms with Crippen LogP contribution in [0, 0.1) is 5.82 Å². The van der Waals surface area contributed by atoms with Crippen molar-refractivity contribution in [3.05, 3.63) is 59.4 Å². The van der Waals surface area contributed by atoms with Gasteiger partial charge < -0.3 is 10.1 Å². The van der Waals surface area contributed by atoms with E-state index in [9.17, 15) is 9.18 Å². The van der Waals surface area contributed by atoms with Crippen molar-refractivity contribution in [2.75, 3.05) is 12.4 Å². The molecule has 23 heavy (non-hydrogen) atoms. The number of hydrogen-bond donors (Lipinski definition) is 1. The minimum atomic E-state index is -0.337. The molecule has 0 unspecified atom stereocenters. The van der Waals surface area contributed by atoms with Crippen molar-refractivity contribution in [2.24, 2.45) is 0 Å². The number of carbonyl (C=O) groups is 1. The first-order valence-electron chi connectivity index (χ1n) is 7.83. The van der Waals surface area contributed by atoms with Crippen molar-refractivity contribution in [1.29, 1.82) is 0 Å². The molecule has 0 aliphatic heterocycles. The third-order valence-corrected chi connectivity index (χ3v) is 3.76. The molecule has 1 N–H and O–H groups in total. The van der Waals surface area contributed by atoms with E-state index in [1.807, 2.05) is 31.2 Å². The molecule has 3 nitrogen and oxygen atoms in total. The molecular formula is C19H22FNO2. The minimum absolute atomic E-state index is 0.0844. The summed E-state index contributed by atoms with van der Waals surface area (Å²) in [6.07, 6.45) is 2.73. The smallest absolute Gasteiger partial charge is 0.224 e. The normalized spacial score (nSPS) is 10.4. The van der Waals surface area contributed by atoms with Crippen LogP contribution >= 0.6 is 0 Å². The predicted molar refractivity (Wildman–Crippen MR) is 90.3 cm³/mol. The molecular weight excluding hydrogens is 293 g/mol. The van der Waals surface area contributed by atoms with E-state index in [0.29, 0.717) is 12.1 Å². The highest BCUT2D eigenvalue weighted by Gasteiger charge is 2.07. The number of methoxy groups -OCH3 is 1. The number of amides is 1. The van der Waals surface area contributed by atoms with Crippen LogP contribution in [-0.4, -0.2) is 13.0 Å². The Labute approximate surface area is 136 Å². The number of ether oxygens (including phenoxy) is 1. The topological polar surface area (TPSA) is 38.3 Å². The molecule has 0 aliphatic carbocycles. The average molecular weight is 315 g/mol. The lowest BCUT2D eigenvalue weighted by atomic mass is 10.1. The Balaban J connectivity index is 1.84. The Bertz CT molecular complexity index is 653. The Kier molecular flexibility index (Phi) is 6.15. The van der Waals surface area contributed by atoms with Crippen LogP contribution in [0.2, 0.25) is 0 Å². The number of rotatable bonds is 7. The summed E-state index contributed by atoms with van der Waals surface area (Å²) in [6, 6.07) is 12.3. The van der Waals surface area contributed by atoms with Gasteiger partial charge in [0.2, 0.25) is 5.91 Å². The number of anilines is 1. The third kappa shape index (κ3) is 5.09. The van der Waals surface area contributed by atoms with Crippen molar-refractivity contribution in [3.8, 4) is 5.75 Å². The molecule has 2 aromatic carbocycles. The van der Waals surface area contributed by atoms with Crippen LogP contribution in [0.15, 0.2) is 42.5 Å². The van der Waals surface area contributed by atoms with E-state index >= 15 is 0 Å². The Morgan fingerprint density at radius 3 is 2.57 bits per heavy atom. The highest BCUT2D eigenvalue weighted by Crippen LogP contribution is 2.18. The number of carbonyl (C=O) groups excluding carboxylic acids is 1.